The van der Waals surface area contributed by atoms with E-state index in [2.05, 4.69) is 5.32 Å². The van der Waals surface area contributed by atoms with Gasteiger partial charge in [-0.05, 0) is 42.7 Å². The highest BCUT2D eigenvalue weighted by molar-refractivity contribution is 7.98. The minimum atomic E-state index is -0.549. The Labute approximate surface area is 115 Å². The number of phenolic OH excluding ortho intramolecular Hbond substituents is 2. The van der Waals surface area contributed by atoms with Gasteiger partial charge in [0.25, 0.3) is 5.91 Å². The molecule has 5 heteroatoms. The van der Waals surface area contributed by atoms with Gasteiger partial charge < -0.3 is 15.5 Å². The zero-order chi connectivity index (χ0) is 13.8. The van der Waals surface area contributed by atoms with Gasteiger partial charge in [-0.2, -0.15) is 0 Å². The molecule has 0 saturated heterocycles. The van der Waals surface area contributed by atoms with Crippen molar-refractivity contribution in [2.75, 3.05) is 11.6 Å². The van der Waals surface area contributed by atoms with Gasteiger partial charge in [0.05, 0.1) is 0 Å². The second-order valence-corrected chi connectivity index (χ2v) is 4.73. The molecule has 0 saturated carbocycles. The van der Waals surface area contributed by atoms with Crippen LogP contribution in [0.1, 0.15) is 10.4 Å². The van der Waals surface area contributed by atoms with Gasteiger partial charge in [-0.3, -0.25) is 4.79 Å². The monoisotopic (exact) mass is 275 g/mol. The summed E-state index contributed by atoms with van der Waals surface area (Å²) < 4.78 is 0. The Hall–Kier alpha value is -2.14. The molecule has 2 aromatic carbocycles. The molecule has 19 heavy (non-hydrogen) atoms. The summed E-state index contributed by atoms with van der Waals surface area (Å²) in [6.07, 6.45) is 1.97. The van der Waals surface area contributed by atoms with Crippen molar-refractivity contribution in [1.82, 2.24) is 0 Å². The van der Waals surface area contributed by atoms with Crippen LogP contribution in [0.4, 0.5) is 5.69 Å². The van der Waals surface area contributed by atoms with E-state index < -0.39 is 5.91 Å². The third-order valence-corrected chi connectivity index (χ3v) is 3.34. The van der Waals surface area contributed by atoms with Crippen LogP contribution in [0.5, 0.6) is 11.5 Å². The van der Waals surface area contributed by atoms with E-state index in [9.17, 15) is 15.0 Å². The maximum atomic E-state index is 12.0. The minimum absolute atomic E-state index is 0.128. The Kier molecular flexibility index (Phi) is 3.97. The number of nitrogens with one attached hydrogen (secondary N) is 1. The van der Waals surface area contributed by atoms with Crippen molar-refractivity contribution in [3.63, 3.8) is 0 Å². The zero-order valence-electron chi connectivity index (χ0n) is 10.3. The minimum Gasteiger partial charge on any atom is -0.507 e. The van der Waals surface area contributed by atoms with Crippen molar-refractivity contribution in [1.29, 1.82) is 0 Å². The third kappa shape index (κ3) is 3.00. The quantitative estimate of drug-likeness (QED) is 0.753. The molecule has 0 heterocycles. The van der Waals surface area contributed by atoms with Crippen LogP contribution in [0, 0.1) is 0 Å². The smallest absolute Gasteiger partial charge is 0.263 e. The maximum Gasteiger partial charge on any atom is 0.263 e. The van der Waals surface area contributed by atoms with Crippen molar-refractivity contribution in [3.05, 3.63) is 48.0 Å². The van der Waals surface area contributed by atoms with Crippen molar-refractivity contribution in [2.45, 2.75) is 4.90 Å². The molecule has 0 aromatic heterocycles. The zero-order valence-corrected chi connectivity index (χ0v) is 11.1. The lowest BCUT2D eigenvalue weighted by Crippen LogP contribution is -2.12. The molecule has 0 atom stereocenters. The van der Waals surface area contributed by atoms with Crippen LogP contribution in [-0.4, -0.2) is 22.4 Å². The molecule has 2 rings (SSSR count). The average Bonchev–Trinajstić information content (AvgIpc) is 2.39. The molecule has 0 radical (unpaired) electrons. The molecule has 0 bridgehead atoms. The largest absolute Gasteiger partial charge is 0.507 e. The van der Waals surface area contributed by atoms with Crippen molar-refractivity contribution >= 4 is 23.4 Å². The van der Waals surface area contributed by atoms with Crippen LogP contribution in [0.25, 0.3) is 0 Å². The van der Waals surface area contributed by atoms with E-state index in [1.807, 2.05) is 18.4 Å². The van der Waals surface area contributed by atoms with Gasteiger partial charge in [-0.25, -0.2) is 0 Å². The molecular formula is C14H13NO3S. The van der Waals surface area contributed by atoms with Crippen LogP contribution in [0.3, 0.4) is 0 Å². The van der Waals surface area contributed by atoms with E-state index in [-0.39, 0.29) is 17.1 Å². The van der Waals surface area contributed by atoms with Crippen LogP contribution in [0.15, 0.2) is 47.4 Å². The number of thioether (sulfide) groups is 1. The molecule has 0 aliphatic heterocycles. The Morgan fingerprint density at radius 2 is 1.63 bits per heavy atom. The highest BCUT2D eigenvalue weighted by atomic mass is 32.2. The highest BCUT2D eigenvalue weighted by Gasteiger charge is 2.15. The first-order valence-corrected chi connectivity index (χ1v) is 6.80. The van der Waals surface area contributed by atoms with E-state index in [1.165, 1.54) is 18.2 Å². The molecule has 4 nitrogen and oxygen atoms in total. The third-order valence-electron chi connectivity index (χ3n) is 2.60. The number of anilines is 1. The summed E-state index contributed by atoms with van der Waals surface area (Å²) in [5.74, 6) is -1.05. The van der Waals surface area contributed by atoms with Gasteiger partial charge in [0.15, 0.2) is 0 Å². The standard InChI is InChI=1S/C14H13NO3S/c1-19-10-7-5-9(6-8-10)15-14(18)13-11(16)3-2-4-12(13)17/h2-8,16-17H,1H3,(H,15,18). The first kappa shape index (κ1) is 13.3. The molecule has 2 aromatic rings. The Morgan fingerprint density at radius 1 is 1.05 bits per heavy atom. The molecule has 0 fully saturated rings. The van der Waals surface area contributed by atoms with Gasteiger partial charge in [-0.1, -0.05) is 6.07 Å². The highest BCUT2D eigenvalue weighted by Crippen LogP contribution is 2.27. The number of rotatable bonds is 3. The molecule has 0 spiro atoms. The number of benzene rings is 2. The molecule has 0 aliphatic carbocycles. The number of carbonyl (C=O) groups is 1. The van der Waals surface area contributed by atoms with E-state index in [0.717, 1.165) is 4.90 Å². The predicted octanol–water partition coefficient (Wildman–Crippen LogP) is 3.07. The fraction of sp³-hybridized carbons (Fsp3) is 0.0714. The maximum absolute atomic E-state index is 12.0. The lowest BCUT2D eigenvalue weighted by atomic mass is 10.1. The van der Waals surface area contributed by atoms with E-state index >= 15 is 0 Å². The first-order valence-electron chi connectivity index (χ1n) is 5.58. The van der Waals surface area contributed by atoms with Gasteiger partial charge in [0, 0.05) is 10.6 Å². The lowest BCUT2D eigenvalue weighted by Gasteiger charge is -2.08. The number of aromatic hydroxyl groups is 2. The molecule has 1 amide bonds. The fourth-order valence-corrected chi connectivity index (χ4v) is 2.04. The van der Waals surface area contributed by atoms with E-state index in [0.29, 0.717) is 5.69 Å². The normalized spacial score (nSPS) is 10.2. The molecule has 0 unspecified atom stereocenters. The van der Waals surface area contributed by atoms with Gasteiger partial charge in [0.1, 0.15) is 17.1 Å². The second-order valence-electron chi connectivity index (χ2n) is 3.85. The van der Waals surface area contributed by atoms with Crippen LogP contribution >= 0.6 is 11.8 Å². The topological polar surface area (TPSA) is 69.6 Å². The van der Waals surface area contributed by atoms with Gasteiger partial charge >= 0.3 is 0 Å². The van der Waals surface area contributed by atoms with Crippen LogP contribution < -0.4 is 5.32 Å². The summed E-state index contributed by atoms with van der Waals surface area (Å²) in [5.41, 5.74) is 0.474. The number of hydrogen-bond acceptors (Lipinski definition) is 4. The van der Waals surface area contributed by atoms with Gasteiger partial charge in [-0.15, -0.1) is 11.8 Å². The lowest BCUT2D eigenvalue weighted by molar-refractivity contribution is 0.102. The van der Waals surface area contributed by atoms with Crippen LogP contribution in [-0.2, 0) is 0 Å². The summed E-state index contributed by atoms with van der Waals surface area (Å²) >= 11 is 1.60. The molecule has 0 aliphatic rings. The fourth-order valence-electron chi connectivity index (χ4n) is 1.63. The van der Waals surface area contributed by atoms with E-state index in [4.69, 9.17) is 0 Å². The summed E-state index contributed by atoms with van der Waals surface area (Å²) in [6, 6.07) is 11.5. The second kappa shape index (κ2) is 5.67. The molecular weight excluding hydrogens is 262 g/mol. The number of amides is 1. The average molecular weight is 275 g/mol. The van der Waals surface area contributed by atoms with Crippen molar-refractivity contribution in [2.24, 2.45) is 0 Å². The first-order chi connectivity index (χ1) is 9.11. The van der Waals surface area contributed by atoms with E-state index in [1.54, 1.807) is 23.9 Å². The Bertz CT molecular complexity index is 576. The molecule has 98 valence electrons. The number of carbonyl (C=O) groups excluding carboxylic acids is 1. The van der Waals surface area contributed by atoms with Crippen molar-refractivity contribution < 1.29 is 15.0 Å². The SMILES string of the molecule is CSc1ccc(NC(=O)c2c(O)cccc2O)cc1. The summed E-state index contributed by atoms with van der Waals surface area (Å²) in [5, 5.41) is 21.8. The number of hydrogen-bond donors (Lipinski definition) is 3. The summed E-state index contributed by atoms with van der Waals surface area (Å²) in [6.45, 7) is 0. The Balaban J connectivity index is 2.21. The number of phenols is 2. The molecule has 3 N–H and O–H groups in total. The predicted molar refractivity (Wildman–Crippen MR) is 75.9 cm³/mol. The Morgan fingerprint density at radius 3 is 2.16 bits per heavy atom. The summed E-state index contributed by atoms with van der Waals surface area (Å²) in [4.78, 5) is 13.1. The van der Waals surface area contributed by atoms with Crippen molar-refractivity contribution in [3.8, 4) is 11.5 Å². The van der Waals surface area contributed by atoms with Crippen LogP contribution in [0.2, 0.25) is 0 Å². The van der Waals surface area contributed by atoms with Gasteiger partial charge in [0.2, 0.25) is 0 Å². The summed E-state index contributed by atoms with van der Waals surface area (Å²) in [7, 11) is 0.